The topological polar surface area (TPSA) is 71.1 Å². The van der Waals surface area contributed by atoms with E-state index in [1.165, 1.54) is 11.3 Å². The Bertz CT molecular complexity index is 623. The van der Waals surface area contributed by atoms with Gasteiger partial charge in [0.25, 0.3) is 10.0 Å². The first-order valence-corrected chi connectivity index (χ1v) is 8.19. The van der Waals surface area contributed by atoms with Gasteiger partial charge in [-0.1, -0.05) is 6.92 Å². The largest absolute Gasteiger partial charge is 0.312 e. The van der Waals surface area contributed by atoms with Gasteiger partial charge in [0.15, 0.2) is 0 Å². The Morgan fingerprint density at radius 1 is 1.32 bits per heavy atom. The molecule has 0 saturated heterocycles. The summed E-state index contributed by atoms with van der Waals surface area (Å²) in [4.78, 5) is 5.14. The first kappa shape index (κ1) is 14.0. The average Bonchev–Trinajstić information content (AvgIpc) is 2.86. The molecular weight excluding hydrogens is 282 g/mol. The Balaban J connectivity index is 2.13. The Labute approximate surface area is 116 Å². The maximum atomic E-state index is 12.1. The van der Waals surface area contributed by atoms with Crippen LogP contribution in [0.15, 0.2) is 40.9 Å². The van der Waals surface area contributed by atoms with Gasteiger partial charge in [-0.2, -0.15) is 0 Å². The summed E-state index contributed by atoms with van der Waals surface area (Å²) in [5, 5.41) is 4.81. The normalized spacial score (nSPS) is 11.4. The summed E-state index contributed by atoms with van der Waals surface area (Å²) in [6.07, 6.45) is 3.09. The predicted octanol–water partition coefficient (Wildman–Crippen LogP) is 2.05. The monoisotopic (exact) mass is 297 g/mol. The van der Waals surface area contributed by atoms with Gasteiger partial charge in [-0.3, -0.25) is 9.71 Å². The maximum Gasteiger partial charge on any atom is 0.262 e. The van der Waals surface area contributed by atoms with Crippen molar-refractivity contribution in [2.45, 2.75) is 18.4 Å². The first-order valence-electron chi connectivity index (χ1n) is 5.83. The summed E-state index contributed by atoms with van der Waals surface area (Å²) >= 11 is 1.43. The number of hydrogen-bond acceptors (Lipinski definition) is 5. The van der Waals surface area contributed by atoms with Crippen LogP contribution >= 0.6 is 11.3 Å². The van der Waals surface area contributed by atoms with E-state index in [1.54, 1.807) is 36.0 Å². The number of nitrogens with zero attached hydrogens (tertiary/aromatic N) is 1. The van der Waals surface area contributed by atoms with Gasteiger partial charge >= 0.3 is 0 Å². The van der Waals surface area contributed by atoms with Crippen LogP contribution in [-0.2, 0) is 16.6 Å². The highest BCUT2D eigenvalue weighted by atomic mass is 32.2. The Hall–Kier alpha value is -1.44. The maximum absolute atomic E-state index is 12.1. The minimum absolute atomic E-state index is 0.294. The van der Waals surface area contributed by atoms with Gasteiger partial charge in [-0.05, 0) is 24.7 Å². The van der Waals surface area contributed by atoms with E-state index < -0.39 is 10.0 Å². The SMILES string of the molecule is CCNCc1cc(S(=O)(=O)Nc2ccncc2)cs1. The van der Waals surface area contributed by atoms with Crippen LogP contribution in [0.1, 0.15) is 11.8 Å². The molecule has 0 bridgehead atoms. The molecule has 2 N–H and O–H groups in total. The van der Waals surface area contributed by atoms with Crippen LogP contribution in [0.4, 0.5) is 5.69 Å². The van der Waals surface area contributed by atoms with E-state index in [0.717, 1.165) is 11.4 Å². The van der Waals surface area contributed by atoms with Crippen molar-refractivity contribution in [2.24, 2.45) is 0 Å². The number of sulfonamides is 1. The van der Waals surface area contributed by atoms with E-state index in [0.29, 0.717) is 17.1 Å². The lowest BCUT2D eigenvalue weighted by Crippen LogP contribution is -2.12. The summed E-state index contributed by atoms with van der Waals surface area (Å²) < 4.78 is 26.8. The number of rotatable bonds is 6. The second-order valence-corrected chi connectivity index (χ2v) is 6.55. The Morgan fingerprint density at radius 3 is 2.74 bits per heavy atom. The van der Waals surface area contributed by atoms with E-state index in [-0.39, 0.29) is 0 Å². The predicted molar refractivity (Wildman–Crippen MR) is 76.7 cm³/mol. The summed E-state index contributed by atoms with van der Waals surface area (Å²) in [6.45, 7) is 3.55. The van der Waals surface area contributed by atoms with Gasteiger partial charge in [-0.15, -0.1) is 11.3 Å². The lowest BCUT2D eigenvalue weighted by atomic mass is 10.4. The number of anilines is 1. The molecule has 0 saturated carbocycles. The molecule has 5 nitrogen and oxygen atoms in total. The highest BCUT2D eigenvalue weighted by Crippen LogP contribution is 2.21. The molecule has 0 amide bonds. The molecule has 19 heavy (non-hydrogen) atoms. The lowest BCUT2D eigenvalue weighted by molar-refractivity contribution is 0.601. The molecule has 0 aromatic carbocycles. The van der Waals surface area contributed by atoms with Gasteiger partial charge in [0.05, 0.1) is 10.6 Å². The van der Waals surface area contributed by atoms with Crippen LogP contribution in [0, 0.1) is 0 Å². The summed E-state index contributed by atoms with van der Waals surface area (Å²) in [7, 11) is -3.51. The smallest absolute Gasteiger partial charge is 0.262 e. The van der Waals surface area contributed by atoms with Crippen molar-refractivity contribution in [3.63, 3.8) is 0 Å². The zero-order chi connectivity index (χ0) is 13.7. The van der Waals surface area contributed by atoms with Gasteiger partial charge < -0.3 is 5.32 Å². The van der Waals surface area contributed by atoms with E-state index in [1.807, 2.05) is 6.92 Å². The first-order chi connectivity index (χ1) is 9.12. The van der Waals surface area contributed by atoms with Crippen LogP contribution in [-0.4, -0.2) is 19.9 Å². The van der Waals surface area contributed by atoms with Crippen LogP contribution in [0.5, 0.6) is 0 Å². The van der Waals surface area contributed by atoms with E-state index in [2.05, 4.69) is 15.0 Å². The third-order valence-electron chi connectivity index (χ3n) is 2.42. The van der Waals surface area contributed by atoms with Crippen molar-refractivity contribution < 1.29 is 8.42 Å². The molecule has 2 aromatic rings. The lowest BCUT2D eigenvalue weighted by Gasteiger charge is -2.05. The molecule has 0 unspecified atom stereocenters. The number of thiophene rings is 1. The van der Waals surface area contributed by atoms with Crippen molar-refractivity contribution in [1.82, 2.24) is 10.3 Å². The number of aromatic nitrogens is 1. The third kappa shape index (κ3) is 3.76. The summed E-state index contributed by atoms with van der Waals surface area (Å²) in [5.41, 5.74) is 0.509. The van der Waals surface area contributed by atoms with Crippen LogP contribution < -0.4 is 10.0 Å². The molecule has 2 heterocycles. The fourth-order valence-electron chi connectivity index (χ4n) is 1.48. The molecule has 7 heteroatoms. The zero-order valence-corrected chi connectivity index (χ0v) is 12.1. The van der Waals surface area contributed by atoms with E-state index in [4.69, 9.17) is 0 Å². The number of nitrogens with one attached hydrogen (secondary N) is 2. The third-order valence-corrected chi connectivity index (χ3v) is 4.87. The molecule has 2 rings (SSSR count). The van der Waals surface area contributed by atoms with E-state index in [9.17, 15) is 8.42 Å². The zero-order valence-electron chi connectivity index (χ0n) is 10.5. The highest BCUT2D eigenvalue weighted by Gasteiger charge is 2.16. The van der Waals surface area contributed by atoms with Gasteiger partial charge in [0, 0.05) is 29.2 Å². The highest BCUT2D eigenvalue weighted by molar-refractivity contribution is 7.92. The fourth-order valence-corrected chi connectivity index (χ4v) is 3.78. The summed E-state index contributed by atoms with van der Waals surface area (Å²) in [6, 6.07) is 4.92. The number of hydrogen-bond donors (Lipinski definition) is 2. The molecule has 0 aliphatic rings. The van der Waals surface area contributed by atoms with Crippen molar-refractivity contribution in [1.29, 1.82) is 0 Å². The van der Waals surface area contributed by atoms with Gasteiger partial charge in [-0.25, -0.2) is 8.42 Å². The second kappa shape index (κ2) is 6.14. The van der Waals surface area contributed by atoms with Crippen molar-refractivity contribution in [3.8, 4) is 0 Å². The average molecular weight is 297 g/mol. The van der Waals surface area contributed by atoms with Crippen LogP contribution in [0.2, 0.25) is 0 Å². The molecule has 0 atom stereocenters. The fraction of sp³-hybridized carbons (Fsp3) is 0.250. The molecule has 0 spiro atoms. The van der Waals surface area contributed by atoms with Crippen molar-refractivity contribution in [3.05, 3.63) is 40.8 Å². The molecular formula is C12H15N3O2S2. The van der Waals surface area contributed by atoms with E-state index >= 15 is 0 Å². The Kier molecular flexibility index (Phi) is 4.52. The molecule has 0 aliphatic carbocycles. The standard InChI is InChI=1S/C12H15N3O2S2/c1-2-13-8-11-7-12(9-18-11)19(16,17)15-10-3-5-14-6-4-10/h3-7,9,13H,2,8H2,1H3,(H,14,15). The molecule has 0 aliphatic heterocycles. The number of pyridine rings is 1. The van der Waals surface area contributed by atoms with Crippen molar-refractivity contribution in [2.75, 3.05) is 11.3 Å². The van der Waals surface area contributed by atoms with Crippen molar-refractivity contribution >= 4 is 27.0 Å². The van der Waals surface area contributed by atoms with Gasteiger partial charge in [0.1, 0.15) is 0 Å². The minimum Gasteiger partial charge on any atom is -0.312 e. The molecule has 0 fully saturated rings. The summed E-state index contributed by atoms with van der Waals surface area (Å²) in [5.74, 6) is 0. The van der Waals surface area contributed by atoms with Crippen LogP contribution in [0.3, 0.4) is 0 Å². The molecule has 2 aromatic heterocycles. The Morgan fingerprint density at radius 2 is 2.05 bits per heavy atom. The minimum atomic E-state index is -3.51. The molecule has 102 valence electrons. The van der Waals surface area contributed by atoms with Crippen LogP contribution in [0.25, 0.3) is 0 Å². The van der Waals surface area contributed by atoms with Gasteiger partial charge in [0.2, 0.25) is 0 Å². The second-order valence-electron chi connectivity index (χ2n) is 3.87. The quantitative estimate of drug-likeness (QED) is 0.856. The molecule has 0 radical (unpaired) electrons.